The maximum atomic E-state index is 13.0. The van der Waals surface area contributed by atoms with Crippen molar-refractivity contribution in [2.45, 2.75) is 108 Å². The number of piperidine rings is 1. The van der Waals surface area contributed by atoms with Gasteiger partial charge >= 0.3 is 0 Å². The molecule has 35 heavy (non-hydrogen) atoms. The molecule has 3 aliphatic rings. The zero-order chi connectivity index (χ0) is 24.3. The third-order valence-electron chi connectivity index (χ3n) is 8.10. The zero-order valence-corrected chi connectivity index (χ0v) is 21.6. The predicted octanol–water partition coefficient (Wildman–Crippen LogP) is 3.68. The molecule has 4 N–H and O–H groups in total. The molecule has 8 nitrogen and oxygen atoms in total. The lowest BCUT2D eigenvalue weighted by atomic mass is 9.87. The van der Waals surface area contributed by atoms with Gasteiger partial charge in [-0.25, -0.2) is 4.98 Å². The standard InChI is InChI=1S/C27H47N7O/c28-15-6-7-16-29-26(35)21-24-23(13-10-20-34(24)22-11-4-3-5-12-22)31-27-30-17-14-25(32-27)33-18-8-1-2-9-19-33/h14,17,22-24H,1-13,15-16,18-21,28H2,(H,29,35)(H,30,31,32)/t23-,24+/m0/s1. The van der Waals surface area contributed by atoms with E-state index in [1.165, 1.54) is 57.8 Å². The summed E-state index contributed by atoms with van der Waals surface area (Å²) in [4.78, 5) is 27.5. The van der Waals surface area contributed by atoms with Crippen LogP contribution in [0.5, 0.6) is 0 Å². The second-order valence-corrected chi connectivity index (χ2v) is 10.7. The number of carbonyl (C=O) groups is 1. The topological polar surface area (TPSA) is 99.4 Å². The molecule has 0 unspecified atom stereocenters. The second-order valence-electron chi connectivity index (χ2n) is 10.7. The number of rotatable bonds is 10. The molecule has 0 radical (unpaired) electrons. The molecule has 8 heteroatoms. The smallest absolute Gasteiger partial charge is 0.224 e. The van der Waals surface area contributed by atoms with Crippen molar-refractivity contribution < 1.29 is 4.79 Å². The van der Waals surface area contributed by atoms with Gasteiger partial charge in [0.25, 0.3) is 0 Å². The molecular formula is C27H47N7O. The van der Waals surface area contributed by atoms with Gasteiger partial charge in [0.05, 0.1) is 0 Å². The van der Waals surface area contributed by atoms with E-state index < -0.39 is 0 Å². The normalized spacial score (nSPS) is 24.7. The Morgan fingerprint density at radius 3 is 2.51 bits per heavy atom. The maximum Gasteiger partial charge on any atom is 0.224 e. The Balaban J connectivity index is 1.45. The van der Waals surface area contributed by atoms with E-state index in [4.69, 9.17) is 10.7 Å². The number of nitrogens with two attached hydrogens (primary N) is 1. The van der Waals surface area contributed by atoms with E-state index in [1.807, 2.05) is 12.3 Å². The van der Waals surface area contributed by atoms with Crippen LogP contribution in [0.15, 0.2) is 12.3 Å². The quantitative estimate of drug-likeness (QED) is 0.435. The fourth-order valence-corrected chi connectivity index (χ4v) is 6.20. The van der Waals surface area contributed by atoms with E-state index in [9.17, 15) is 4.79 Å². The summed E-state index contributed by atoms with van der Waals surface area (Å²) in [6.45, 7) is 4.62. The molecule has 1 amide bonds. The van der Waals surface area contributed by atoms with Gasteiger partial charge in [0.1, 0.15) is 5.82 Å². The van der Waals surface area contributed by atoms with Gasteiger partial charge in [0.2, 0.25) is 11.9 Å². The van der Waals surface area contributed by atoms with Crippen molar-refractivity contribution in [3.8, 4) is 0 Å². The molecule has 0 aromatic carbocycles. The number of nitrogens with zero attached hydrogens (tertiary/aromatic N) is 4. The van der Waals surface area contributed by atoms with Crippen LogP contribution in [0.2, 0.25) is 0 Å². The number of aromatic nitrogens is 2. The van der Waals surface area contributed by atoms with Gasteiger partial charge in [0, 0.05) is 50.4 Å². The first-order valence-corrected chi connectivity index (χ1v) is 14.3. The molecule has 3 heterocycles. The first-order chi connectivity index (χ1) is 17.2. The molecule has 1 aliphatic carbocycles. The zero-order valence-electron chi connectivity index (χ0n) is 21.6. The van der Waals surface area contributed by atoms with Crippen LogP contribution in [0, 0.1) is 0 Å². The summed E-state index contributed by atoms with van der Waals surface area (Å²) in [7, 11) is 0. The highest BCUT2D eigenvalue weighted by Gasteiger charge is 2.37. The Kier molecular flexibility index (Phi) is 10.4. The molecule has 1 aromatic rings. The fourth-order valence-electron chi connectivity index (χ4n) is 6.20. The van der Waals surface area contributed by atoms with Crippen molar-refractivity contribution in [2.75, 3.05) is 42.9 Å². The molecule has 0 spiro atoms. The molecule has 3 fully saturated rings. The summed E-state index contributed by atoms with van der Waals surface area (Å²) in [5.74, 6) is 1.88. The number of anilines is 2. The van der Waals surface area contributed by atoms with Gasteiger partial charge in [-0.1, -0.05) is 32.1 Å². The molecule has 2 aliphatic heterocycles. The van der Waals surface area contributed by atoms with Gasteiger partial charge in [-0.15, -0.1) is 0 Å². The van der Waals surface area contributed by atoms with Gasteiger partial charge in [-0.05, 0) is 70.5 Å². The minimum absolute atomic E-state index is 0.153. The Labute approximate surface area is 211 Å². The Hall–Kier alpha value is -1.93. The molecule has 1 aromatic heterocycles. The third kappa shape index (κ3) is 7.78. The van der Waals surface area contributed by atoms with E-state index in [1.54, 1.807) is 0 Å². The summed E-state index contributed by atoms with van der Waals surface area (Å²) in [5.41, 5.74) is 5.61. The summed E-state index contributed by atoms with van der Waals surface area (Å²) in [5, 5.41) is 6.83. The summed E-state index contributed by atoms with van der Waals surface area (Å²) >= 11 is 0. The average molecular weight is 486 g/mol. The van der Waals surface area contributed by atoms with Crippen molar-refractivity contribution in [1.82, 2.24) is 20.2 Å². The van der Waals surface area contributed by atoms with Crippen molar-refractivity contribution >= 4 is 17.7 Å². The number of hydrogen-bond acceptors (Lipinski definition) is 7. The van der Waals surface area contributed by atoms with Crippen molar-refractivity contribution in [2.24, 2.45) is 5.73 Å². The lowest BCUT2D eigenvalue weighted by molar-refractivity contribution is -0.123. The monoisotopic (exact) mass is 485 g/mol. The lowest BCUT2D eigenvalue weighted by Crippen LogP contribution is -2.57. The summed E-state index contributed by atoms with van der Waals surface area (Å²) in [6, 6.07) is 2.98. The SMILES string of the molecule is NCCCCNC(=O)C[C@@H]1[C@@H](Nc2nccc(N3CCCCCC3)n2)CCCN1C1CCCCC1. The first-order valence-electron chi connectivity index (χ1n) is 14.3. The molecule has 196 valence electrons. The van der Waals surface area contributed by atoms with Crippen LogP contribution < -0.4 is 21.3 Å². The average Bonchev–Trinajstić information content (AvgIpc) is 3.18. The van der Waals surface area contributed by atoms with Crippen molar-refractivity contribution in [1.29, 1.82) is 0 Å². The number of likely N-dealkylation sites (tertiary alicyclic amines) is 1. The molecule has 1 saturated carbocycles. The van der Waals surface area contributed by atoms with E-state index in [-0.39, 0.29) is 18.0 Å². The predicted molar refractivity (Wildman–Crippen MR) is 143 cm³/mol. The number of amides is 1. The summed E-state index contributed by atoms with van der Waals surface area (Å²) in [6.07, 6.45) is 18.0. The second kappa shape index (κ2) is 14.0. The van der Waals surface area contributed by atoms with E-state index in [0.717, 1.165) is 51.1 Å². The number of nitrogens with one attached hydrogen (secondary N) is 2. The molecule has 2 atom stereocenters. The van der Waals surface area contributed by atoms with Gasteiger partial charge < -0.3 is 21.3 Å². The van der Waals surface area contributed by atoms with E-state index in [0.29, 0.717) is 31.5 Å². The number of carbonyl (C=O) groups excluding carboxylic acids is 1. The first kappa shape index (κ1) is 26.1. The van der Waals surface area contributed by atoms with Crippen molar-refractivity contribution in [3.05, 3.63) is 12.3 Å². The molecular weight excluding hydrogens is 438 g/mol. The Bertz CT molecular complexity index is 762. The fraction of sp³-hybridized carbons (Fsp3) is 0.815. The third-order valence-corrected chi connectivity index (χ3v) is 8.10. The van der Waals surface area contributed by atoms with Crippen molar-refractivity contribution in [3.63, 3.8) is 0 Å². The van der Waals surface area contributed by atoms with Crippen LogP contribution in [0.4, 0.5) is 11.8 Å². The minimum Gasteiger partial charge on any atom is -0.356 e. The largest absolute Gasteiger partial charge is 0.356 e. The Morgan fingerprint density at radius 2 is 1.74 bits per heavy atom. The van der Waals surface area contributed by atoms with Crippen LogP contribution in [0.1, 0.15) is 89.9 Å². The maximum absolute atomic E-state index is 13.0. The van der Waals surface area contributed by atoms with Crippen LogP contribution in [0.3, 0.4) is 0 Å². The highest BCUT2D eigenvalue weighted by atomic mass is 16.1. The van der Waals surface area contributed by atoms with Gasteiger partial charge in [0.15, 0.2) is 0 Å². The van der Waals surface area contributed by atoms with E-state index in [2.05, 4.69) is 25.4 Å². The molecule has 2 saturated heterocycles. The Morgan fingerprint density at radius 1 is 0.971 bits per heavy atom. The molecule has 4 rings (SSSR count). The highest BCUT2D eigenvalue weighted by molar-refractivity contribution is 5.76. The lowest BCUT2D eigenvalue weighted by Gasteiger charge is -2.46. The highest BCUT2D eigenvalue weighted by Crippen LogP contribution is 2.31. The minimum atomic E-state index is 0.153. The van der Waals surface area contributed by atoms with E-state index >= 15 is 0 Å². The molecule has 0 bridgehead atoms. The van der Waals surface area contributed by atoms with Gasteiger partial charge in [-0.3, -0.25) is 9.69 Å². The number of unbranched alkanes of at least 4 members (excludes halogenated alkanes) is 1. The van der Waals surface area contributed by atoms with Crippen LogP contribution in [-0.4, -0.2) is 71.6 Å². The van der Waals surface area contributed by atoms with Crippen LogP contribution in [-0.2, 0) is 4.79 Å². The van der Waals surface area contributed by atoms with Crippen LogP contribution >= 0.6 is 0 Å². The van der Waals surface area contributed by atoms with Gasteiger partial charge in [-0.2, -0.15) is 4.98 Å². The number of hydrogen-bond donors (Lipinski definition) is 3. The summed E-state index contributed by atoms with van der Waals surface area (Å²) < 4.78 is 0. The van der Waals surface area contributed by atoms with Crippen LogP contribution in [0.25, 0.3) is 0 Å².